The van der Waals surface area contributed by atoms with Crippen molar-refractivity contribution in [2.24, 2.45) is 0 Å². The number of hydrogen-bond donors (Lipinski definition) is 1. The highest BCUT2D eigenvalue weighted by atomic mass is 79.9. The fraction of sp³-hybridized carbons (Fsp3) is 0.0909. The van der Waals surface area contributed by atoms with E-state index in [1.165, 1.54) is 17.4 Å². The SMILES string of the molecule is Cc1cnc(NC(=O)/C=C/c2ccc(Br)o2)s1. The summed E-state index contributed by atoms with van der Waals surface area (Å²) in [6, 6.07) is 3.53. The van der Waals surface area contributed by atoms with Gasteiger partial charge in [-0.05, 0) is 41.1 Å². The molecule has 2 heterocycles. The number of hydrogen-bond acceptors (Lipinski definition) is 4. The molecule has 0 saturated carbocycles. The van der Waals surface area contributed by atoms with Crippen molar-refractivity contribution >= 4 is 44.4 Å². The zero-order chi connectivity index (χ0) is 12.3. The van der Waals surface area contributed by atoms with E-state index >= 15 is 0 Å². The molecule has 1 N–H and O–H groups in total. The van der Waals surface area contributed by atoms with Gasteiger partial charge in [0.1, 0.15) is 5.76 Å². The van der Waals surface area contributed by atoms with Gasteiger partial charge in [-0.3, -0.25) is 10.1 Å². The number of carbonyl (C=O) groups is 1. The van der Waals surface area contributed by atoms with Gasteiger partial charge in [-0.1, -0.05) is 0 Å². The first-order valence-corrected chi connectivity index (χ1v) is 6.41. The highest BCUT2D eigenvalue weighted by Crippen LogP contribution is 2.17. The molecule has 1 amide bonds. The van der Waals surface area contributed by atoms with Crippen LogP contribution in [0.3, 0.4) is 0 Å². The topological polar surface area (TPSA) is 55.1 Å². The van der Waals surface area contributed by atoms with Crippen LogP contribution in [-0.2, 0) is 4.79 Å². The van der Waals surface area contributed by atoms with Gasteiger partial charge in [-0.15, -0.1) is 11.3 Å². The van der Waals surface area contributed by atoms with Gasteiger partial charge in [0.25, 0.3) is 0 Å². The van der Waals surface area contributed by atoms with Crippen LogP contribution in [0.4, 0.5) is 5.13 Å². The predicted molar refractivity (Wildman–Crippen MR) is 70.9 cm³/mol. The van der Waals surface area contributed by atoms with E-state index in [1.807, 2.05) is 6.92 Å². The Labute approximate surface area is 110 Å². The molecule has 0 atom stereocenters. The average molecular weight is 313 g/mol. The Morgan fingerprint density at radius 3 is 3.00 bits per heavy atom. The number of nitrogens with one attached hydrogen (secondary N) is 1. The lowest BCUT2D eigenvalue weighted by molar-refractivity contribution is -0.111. The summed E-state index contributed by atoms with van der Waals surface area (Å²) in [5, 5.41) is 3.26. The Morgan fingerprint density at radius 2 is 2.41 bits per heavy atom. The largest absolute Gasteiger partial charge is 0.450 e. The molecule has 0 aliphatic carbocycles. The fourth-order valence-corrected chi connectivity index (χ4v) is 2.12. The van der Waals surface area contributed by atoms with Crippen LogP contribution < -0.4 is 5.32 Å². The quantitative estimate of drug-likeness (QED) is 0.883. The van der Waals surface area contributed by atoms with Crippen LogP contribution in [0.2, 0.25) is 0 Å². The van der Waals surface area contributed by atoms with Gasteiger partial charge >= 0.3 is 0 Å². The molecular weight excluding hydrogens is 304 g/mol. The maximum atomic E-state index is 11.5. The lowest BCUT2D eigenvalue weighted by Crippen LogP contribution is -2.06. The molecule has 0 saturated heterocycles. The summed E-state index contributed by atoms with van der Waals surface area (Å²) in [6.45, 7) is 1.93. The Balaban J connectivity index is 1.95. The Hall–Kier alpha value is -1.40. The van der Waals surface area contributed by atoms with Crippen molar-refractivity contribution < 1.29 is 9.21 Å². The van der Waals surface area contributed by atoms with Crippen molar-refractivity contribution in [3.05, 3.63) is 39.7 Å². The molecule has 0 bridgehead atoms. The summed E-state index contributed by atoms with van der Waals surface area (Å²) < 4.78 is 5.86. The van der Waals surface area contributed by atoms with Crippen molar-refractivity contribution in [2.45, 2.75) is 6.92 Å². The van der Waals surface area contributed by atoms with E-state index in [2.05, 4.69) is 26.2 Å². The summed E-state index contributed by atoms with van der Waals surface area (Å²) in [7, 11) is 0. The molecule has 0 aromatic carbocycles. The minimum absolute atomic E-state index is 0.230. The van der Waals surface area contributed by atoms with E-state index < -0.39 is 0 Å². The second-order valence-electron chi connectivity index (χ2n) is 3.24. The second-order valence-corrected chi connectivity index (χ2v) is 5.26. The van der Waals surface area contributed by atoms with Crippen LogP contribution in [0.15, 0.2) is 33.5 Å². The molecule has 6 heteroatoms. The van der Waals surface area contributed by atoms with Crippen LogP contribution in [0.1, 0.15) is 10.6 Å². The Bertz CT molecular complexity index is 559. The highest BCUT2D eigenvalue weighted by molar-refractivity contribution is 9.10. The monoisotopic (exact) mass is 312 g/mol. The van der Waals surface area contributed by atoms with Crippen molar-refractivity contribution in [3.63, 3.8) is 0 Å². The van der Waals surface area contributed by atoms with Crippen molar-refractivity contribution in [1.82, 2.24) is 4.98 Å². The molecule has 0 aliphatic heterocycles. The molecule has 2 aromatic heterocycles. The third-order valence-corrected chi connectivity index (χ3v) is 3.10. The molecular formula is C11H9BrN2O2S. The lowest BCUT2D eigenvalue weighted by Gasteiger charge is -1.94. The zero-order valence-corrected chi connectivity index (χ0v) is 11.3. The molecule has 0 spiro atoms. The number of halogens is 1. The first-order chi connectivity index (χ1) is 8.13. The van der Waals surface area contributed by atoms with Gasteiger partial charge in [0.15, 0.2) is 9.80 Å². The van der Waals surface area contributed by atoms with Gasteiger partial charge in [0, 0.05) is 17.2 Å². The number of rotatable bonds is 3. The van der Waals surface area contributed by atoms with Gasteiger partial charge in [-0.25, -0.2) is 4.98 Å². The summed E-state index contributed by atoms with van der Waals surface area (Å²) in [5.41, 5.74) is 0. The van der Waals surface area contributed by atoms with Crippen LogP contribution >= 0.6 is 27.3 Å². The summed E-state index contributed by atoms with van der Waals surface area (Å²) >= 11 is 4.62. The average Bonchev–Trinajstić information content (AvgIpc) is 2.85. The number of aryl methyl sites for hydroxylation is 1. The van der Waals surface area contributed by atoms with Gasteiger partial charge in [0.2, 0.25) is 5.91 Å². The second kappa shape index (κ2) is 5.29. The Kier molecular flexibility index (Phi) is 3.75. The molecule has 4 nitrogen and oxygen atoms in total. The molecule has 2 aromatic rings. The predicted octanol–water partition coefficient (Wildman–Crippen LogP) is 3.46. The van der Waals surface area contributed by atoms with E-state index in [4.69, 9.17) is 4.42 Å². The summed E-state index contributed by atoms with van der Waals surface area (Å²) in [6.07, 6.45) is 4.72. The first kappa shape index (κ1) is 12.1. The number of carbonyl (C=O) groups excluding carboxylic acids is 1. The number of thiazole rings is 1. The standard InChI is InChI=1S/C11H9BrN2O2S/c1-7-6-13-11(17-7)14-10(15)5-3-8-2-4-9(12)16-8/h2-6H,1H3,(H,13,14,15)/b5-3+. The van der Waals surface area contributed by atoms with Gasteiger partial charge in [-0.2, -0.15) is 0 Å². The van der Waals surface area contributed by atoms with Crippen LogP contribution in [0, 0.1) is 6.92 Å². The fourth-order valence-electron chi connectivity index (χ4n) is 1.14. The molecule has 88 valence electrons. The highest BCUT2D eigenvalue weighted by Gasteiger charge is 2.02. The molecule has 0 fully saturated rings. The van der Waals surface area contributed by atoms with Crippen LogP contribution in [0.25, 0.3) is 6.08 Å². The lowest BCUT2D eigenvalue weighted by atomic mass is 10.4. The number of nitrogens with zero attached hydrogens (tertiary/aromatic N) is 1. The normalized spacial score (nSPS) is 10.9. The number of aromatic nitrogens is 1. The van der Waals surface area contributed by atoms with E-state index in [0.717, 1.165) is 4.88 Å². The van der Waals surface area contributed by atoms with E-state index in [0.29, 0.717) is 15.6 Å². The summed E-state index contributed by atoms with van der Waals surface area (Å²) in [4.78, 5) is 16.6. The maximum Gasteiger partial charge on any atom is 0.250 e. The van der Waals surface area contributed by atoms with E-state index in [9.17, 15) is 4.79 Å². The smallest absolute Gasteiger partial charge is 0.250 e. The number of amides is 1. The molecule has 0 radical (unpaired) electrons. The molecule has 0 aliphatic rings. The van der Waals surface area contributed by atoms with Crippen LogP contribution in [-0.4, -0.2) is 10.9 Å². The van der Waals surface area contributed by atoms with Crippen molar-refractivity contribution in [2.75, 3.05) is 5.32 Å². The molecule has 0 unspecified atom stereocenters. The molecule has 17 heavy (non-hydrogen) atoms. The van der Waals surface area contributed by atoms with Gasteiger partial charge < -0.3 is 4.42 Å². The zero-order valence-electron chi connectivity index (χ0n) is 8.94. The third-order valence-electron chi connectivity index (χ3n) is 1.84. The minimum Gasteiger partial charge on any atom is -0.450 e. The van der Waals surface area contributed by atoms with Crippen molar-refractivity contribution in [3.8, 4) is 0 Å². The number of furan rings is 1. The first-order valence-electron chi connectivity index (χ1n) is 4.80. The molecule has 2 rings (SSSR count). The van der Waals surface area contributed by atoms with E-state index in [-0.39, 0.29) is 5.91 Å². The van der Waals surface area contributed by atoms with Gasteiger partial charge in [0.05, 0.1) is 0 Å². The van der Waals surface area contributed by atoms with Crippen molar-refractivity contribution in [1.29, 1.82) is 0 Å². The van der Waals surface area contributed by atoms with Crippen LogP contribution in [0.5, 0.6) is 0 Å². The maximum absolute atomic E-state index is 11.5. The van der Waals surface area contributed by atoms with E-state index in [1.54, 1.807) is 24.4 Å². The minimum atomic E-state index is -0.230. The Morgan fingerprint density at radius 1 is 1.59 bits per heavy atom. The third kappa shape index (κ3) is 3.54. The number of anilines is 1. The summed E-state index contributed by atoms with van der Waals surface area (Å²) in [5.74, 6) is 0.384.